The molecule has 0 aliphatic carbocycles. The molecule has 0 aromatic heterocycles. The summed E-state index contributed by atoms with van der Waals surface area (Å²) in [5.41, 5.74) is 2.20. The molecule has 1 aromatic carbocycles. The maximum Gasteiger partial charge on any atom is 0.120 e. The van der Waals surface area contributed by atoms with Crippen LogP contribution in [0.3, 0.4) is 0 Å². The molecule has 19 heavy (non-hydrogen) atoms. The highest BCUT2D eigenvalue weighted by atomic mass is 16.3. The topological polar surface area (TPSA) is 35.5 Å². The summed E-state index contributed by atoms with van der Waals surface area (Å²) in [5, 5.41) is 13.7. The van der Waals surface area contributed by atoms with Crippen molar-refractivity contribution in [3.63, 3.8) is 0 Å². The Balaban J connectivity index is 2.04. The van der Waals surface area contributed by atoms with Gasteiger partial charge in [0, 0.05) is 24.2 Å². The number of piperidine rings is 1. The predicted molar refractivity (Wildman–Crippen MR) is 79.5 cm³/mol. The highest BCUT2D eigenvalue weighted by Crippen LogP contribution is 2.27. The molecule has 1 fully saturated rings. The third kappa shape index (κ3) is 3.48. The molecule has 1 aliphatic heterocycles. The summed E-state index contributed by atoms with van der Waals surface area (Å²) >= 11 is 0. The molecule has 3 nitrogen and oxygen atoms in total. The van der Waals surface area contributed by atoms with Crippen LogP contribution < -0.4 is 5.32 Å². The van der Waals surface area contributed by atoms with E-state index in [0.29, 0.717) is 17.7 Å². The fraction of sp³-hybridized carbons (Fsp3) is 0.625. The first-order valence-corrected chi connectivity index (χ1v) is 7.21. The molecule has 0 radical (unpaired) electrons. The van der Waals surface area contributed by atoms with Crippen LogP contribution in [0.5, 0.6) is 5.75 Å². The van der Waals surface area contributed by atoms with Crippen LogP contribution in [0.2, 0.25) is 0 Å². The summed E-state index contributed by atoms with van der Waals surface area (Å²) in [5.74, 6) is 1.04. The molecule has 1 heterocycles. The maximum atomic E-state index is 9.99. The number of rotatable bonds is 3. The SMILES string of the molecule is Cc1ccc(O)c(C(C)NC2CCN(C)CC2C)c1. The van der Waals surface area contributed by atoms with Crippen LogP contribution in [-0.2, 0) is 0 Å². The number of hydrogen-bond acceptors (Lipinski definition) is 3. The Kier molecular flexibility index (Phi) is 4.48. The van der Waals surface area contributed by atoms with Crippen molar-refractivity contribution < 1.29 is 5.11 Å². The number of aromatic hydroxyl groups is 1. The summed E-state index contributed by atoms with van der Waals surface area (Å²) in [4.78, 5) is 2.39. The Hall–Kier alpha value is -1.06. The fourth-order valence-electron chi connectivity index (χ4n) is 3.03. The van der Waals surface area contributed by atoms with Crippen molar-refractivity contribution in [2.75, 3.05) is 20.1 Å². The number of aryl methyl sites for hydroxylation is 1. The van der Waals surface area contributed by atoms with Crippen LogP contribution in [0.1, 0.15) is 37.4 Å². The number of hydrogen-bond donors (Lipinski definition) is 2. The van der Waals surface area contributed by atoms with Crippen molar-refractivity contribution in [2.24, 2.45) is 5.92 Å². The number of likely N-dealkylation sites (tertiary alicyclic amines) is 1. The fourth-order valence-corrected chi connectivity index (χ4v) is 3.03. The second kappa shape index (κ2) is 5.93. The first kappa shape index (κ1) is 14.4. The molecular weight excluding hydrogens is 236 g/mol. The maximum absolute atomic E-state index is 9.99. The van der Waals surface area contributed by atoms with Crippen molar-refractivity contribution in [2.45, 2.75) is 39.3 Å². The zero-order valence-corrected chi connectivity index (χ0v) is 12.5. The van der Waals surface area contributed by atoms with Gasteiger partial charge in [0.2, 0.25) is 0 Å². The minimum Gasteiger partial charge on any atom is -0.508 e. The largest absolute Gasteiger partial charge is 0.508 e. The average molecular weight is 262 g/mol. The van der Waals surface area contributed by atoms with Gasteiger partial charge in [0.25, 0.3) is 0 Å². The van der Waals surface area contributed by atoms with E-state index in [-0.39, 0.29) is 6.04 Å². The molecule has 3 unspecified atom stereocenters. The summed E-state index contributed by atoms with van der Waals surface area (Å²) in [6.45, 7) is 8.79. The van der Waals surface area contributed by atoms with E-state index in [1.165, 1.54) is 12.0 Å². The van der Waals surface area contributed by atoms with Gasteiger partial charge in [0.15, 0.2) is 0 Å². The second-order valence-electron chi connectivity index (χ2n) is 6.09. The first-order chi connectivity index (χ1) is 8.97. The molecule has 106 valence electrons. The van der Waals surface area contributed by atoms with Gasteiger partial charge in [-0.1, -0.05) is 24.6 Å². The van der Waals surface area contributed by atoms with E-state index in [0.717, 1.165) is 18.7 Å². The zero-order valence-electron chi connectivity index (χ0n) is 12.5. The van der Waals surface area contributed by atoms with Crippen molar-refractivity contribution in [1.29, 1.82) is 0 Å². The normalized spacial score (nSPS) is 26.3. The zero-order chi connectivity index (χ0) is 14.0. The molecule has 0 amide bonds. The Morgan fingerprint density at radius 2 is 2.16 bits per heavy atom. The van der Waals surface area contributed by atoms with Gasteiger partial charge in [-0.3, -0.25) is 0 Å². The molecular formula is C16H26N2O. The third-order valence-electron chi connectivity index (χ3n) is 4.22. The van der Waals surface area contributed by atoms with E-state index in [4.69, 9.17) is 0 Å². The van der Waals surface area contributed by atoms with Crippen molar-refractivity contribution in [3.05, 3.63) is 29.3 Å². The van der Waals surface area contributed by atoms with E-state index in [1.54, 1.807) is 6.07 Å². The lowest BCUT2D eigenvalue weighted by atomic mass is 9.92. The third-order valence-corrected chi connectivity index (χ3v) is 4.22. The lowest BCUT2D eigenvalue weighted by molar-refractivity contribution is 0.167. The minimum absolute atomic E-state index is 0.191. The Morgan fingerprint density at radius 3 is 2.84 bits per heavy atom. The van der Waals surface area contributed by atoms with Crippen molar-refractivity contribution in [1.82, 2.24) is 10.2 Å². The van der Waals surface area contributed by atoms with Gasteiger partial charge in [-0.2, -0.15) is 0 Å². The van der Waals surface area contributed by atoms with Crippen LogP contribution in [-0.4, -0.2) is 36.2 Å². The van der Waals surface area contributed by atoms with E-state index < -0.39 is 0 Å². The molecule has 1 aromatic rings. The molecule has 3 heteroatoms. The second-order valence-corrected chi connectivity index (χ2v) is 6.09. The molecule has 0 saturated carbocycles. The number of phenolic OH excluding ortho intramolecular Hbond substituents is 1. The molecule has 3 atom stereocenters. The average Bonchev–Trinajstić information content (AvgIpc) is 2.35. The predicted octanol–water partition coefficient (Wildman–Crippen LogP) is 2.69. The monoisotopic (exact) mass is 262 g/mol. The van der Waals surface area contributed by atoms with Gasteiger partial charge >= 0.3 is 0 Å². The van der Waals surface area contributed by atoms with Crippen molar-refractivity contribution in [3.8, 4) is 5.75 Å². The minimum atomic E-state index is 0.191. The van der Waals surface area contributed by atoms with E-state index in [9.17, 15) is 5.11 Å². The highest BCUT2D eigenvalue weighted by Gasteiger charge is 2.25. The molecule has 2 rings (SSSR count). The van der Waals surface area contributed by atoms with Crippen LogP contribution in [0.15, 0.2) is 18.2 Å². The smallest absolute Gasteiger partial charge is 0.120 e. The van der Waals surface area contributed by atoms with Gasteiger partial charge in [-0.25, -0.2) is 0 Å². The number of phenols is 1. The van der Waals surface area contributed by atoms with Gasteiger partial charge in [-0.05, 0) is 45.8 Å². The molecule has 0 spiro atoms. The summed E-state index contributed by atoms with van der Waals surface area (Å²) in [7, 11) is 2.18. The molecule has 1 aliphatic rings. The van der Waals surface area contributed by atoms with Crippen LogP contribution in [0, 0.1) is 12.8 Å². The molecule has 1 saturated heterocycles. The molecule has 2 N–H and O–H groups in total. The van der Waals surface area contributed by atoms with Gasteiger partial charge < -0.3 is 15.3 Å². The van der Waals surface area contributed by atoms with Crippen LogP contribution in [0.25, 0.3) is 0 Å². The Bertz CT molecular complexity index is 433. The summed E-state index contributed by atoms with van der Waals surface area (Å²) in [6, 6.07) is 6.54. The van der Waals surface area contributed by atoms with Gasteiger partial charge in [0.05, 0.1) is 0 Å². The van der Waals surface area contributed by atoms with Crippen molar-refractivity contribution >= 4 is 0 Å². The Labute approximate surface area is 116 Å². The van der Waals surface area contributed by atoms with E-state index in [2.05, 4.69) is 44.1 Å². The lowest BCUT2D eigenvalue weighted by Crippen LogP contribution is -2.47. The number of benzene rings is 1. The number of nitrogens with zero attached hydrogens (tertiary/aromatic N) is 1. The van der Waals surface area contributed by atoms with Crippen LogP contribution in [0.4, 0.5) is 0 Å². The lowest BCUT2D eigenvalue weighted by Gasteiger charge is -2.37. The molecule has 0 bridgehead atoms. The van der Waals surface area contributed by atoms with Gasteiger partial charge in [-0.15, -0.1) is 0 Å². The summed E-state index contributed by atoms with van der Waals surface area (Å²) in [6.07, 6.45) is 1.18. The van der Waals surface area contributed by atoms with Gasteiger partial charge in [0.1, 0.15) is 5.75 Å². The first-order valence-electron chi connectivity index (χ1n) is 7.21. The van der Waals surface area contributed by atoms with E-state index >= 15 is 0 Å². The van der Waals surface area contributed by atoms with E-state index in [1.807, 2.05) is 6.07 Å². The highest BCUT2D eigenvalue weighted by molar-refractivity contribution is 5.37. The standard InChI is InChI=1S/C16H26N2O/c1-11-5-6-16(19)14(9-11)13(3)17-15-7-8-18(4)10-12(15)2/h5-6,9,12-13,15,17,19H,7-8,10H2,1-4H3. The number of nitrogens with one attached hydrogen (secondary N) is 1. The van der Waals surface area contributed by atoms with Crippen LogP contribution >= 0.6 is 0 Å². The quantitative estimate of drug-likeness (QED) is 0.879. The Morgan fingerprint density at radius 1 is 1.42 bits per heavy atom. The summed E-state index contributed by atoms with van der Waals surface area (Å²) < 4.78 is 0.